The summed E-state index contributed by atoms with van der Waals surface area (Å²) in [5.74, 6) is 1.02. The Kier molecular flexibility index (Phi) is 7.03. The Morgan fingerprint density at radius 2 is 1.70 bits per heavy atom. The monoisotopic (exact) mass is 278 g/mol. The lowest BCUT2D eigenvalue weighted by Crippen LogP contribution is -2.47. The first kappa shape index (κ1) is 17.5. The first-order valence-corrected chi connectivity index (χ1v) is 8.63. The highest BCUT2D eigenvalue weighted by Gasteiger charge is 2.39. The fourth-order valence-electron chi connectivity index (χ4n) is 3.72. The molecule has 0 saturated heterocycles. The molecule has 3 unspecified atom stereocenters. The van der Waals surface area contributed by atoms with Gasteiger partial charge in [-0.2, -0.15) is 5.26 Å². The van der Waals surface area contributed by atoms with E-state index in [1.54, 1.807) is 0 Å². The van der Waals surface area contributed by atoms with Crippen LogP contribution in [0.15, 0.2) is 0 Å². The highest BCUT2D eigenvalue weighted by Crippen LogP contribution is 2.43. The van der Waals surface area contributed by atoms with Crippen molar-refractivity contribution in [2.24, 2.45) is 17.3 Å². The summed E-state index contributed by atoms with van der Waals surface area (Å²) >= 11 is 0. The Labute approximate surface area is 126 Å². The van der Waals surface area contributed by atoms with Crippen molar-refractivity contribution in [3.63, 3.8) is 0 Å². The Bertz CT molecular complexity index is 310. The molecule has 1 rings (SSSR count). The summed E-state index contributed by atoms with van der Waals surface area (Å²) in [7, 11) is 0. The molecule has 0 radical (unpaired) electrons. The van der Waals surface area contributed by atoms with Gasteiger partial charge in [0.1, 0.15) is 0 Å². The van der Waals surface area contributed by atoms with Crippen molar-refractivity contribution >= 4 is 0 Å². The van der Waals surface area contributed by atoms with Gasteiger partial charge < -0.3 is 0 Å². The molecule has 1 saturated carbocycles. The van der Waals surface area contributed by atoms with Crippen molar-refractivity contribution < 1.29 is 0 Å². The highest BCUT2D eigenvalue weighted by atomic mass is 15.2. The van der Waals surface area contributed by atoms with Gasteiger partial charge in [0.25, 0.3) is 0 Å². The molecule has 0 spiro atoms. The van der Waals surface area contributed by atoms with Crippen LogP contribution in [-0.4, -0.2) is 24.0 Å². The van der Waals surface area contributed by atoms with Crippen LogP contribution in [0.1, 0.15) is 73.1 Å². The van der Waals surface area contributed by atoms with E-state index < -0.39 is 0 Å². The van der Waals surface area contributed by atoms with Crippen LogP contribution < -0.4 is 0 Å². The molecule has 1 fully saturated rings. The molecule has 0 aliphatic heterocycles. The molecule has 116 valence electrons. The molecular weight excluding hydrogens is 244 g/mol. The zero-order valence-electron chi connectivity index (χ0n) is 14.3. The van der Waals surface area contributed by atoms with Crippen molar-refractivity contribution in [3.8, 4) is 6.07 Å². The van der Waals surface area contributed by atoms with Crippen LogP contribution in [0.3, 0.4) is 0 Å². The van der Waals surface area contributed by atoms with Crippen LogP contribution in [0.2, 0.25) is 0 Å². The maximum absolute atomic E-state index is 9.52. The molecule has 3 atom stereocenters. The second kappa shape index (κ2) is 8.03. The lowest BCUT2D eigenvalue weighted by Gasteiger charge is -2.45. The van der Waals surface area contributed by atoms with Crippen molar-refractivity contribution in [1.82, 2.24) is 4.90 Å². The number of nitrogens with zero attached hydrogens (tertiary/aromatic N) is 2. The van der Waals surface area contributed by atoms with Crippen LogP contribution in [0.4, 0.5) is 0 Å². The molecule has 2 nitrogen and oxygen atoms in total. The first-order chi connectivity index (χ1) is 9.50. The number of nitriles is 1. The third-order valence-electron chi connectivity index (χ3n) is 5.49. The molecule has 0 amide bonds. The molecule has 0 aromatic carbocycles. The summed E-state index contributed by atoms with van der Waals surface area (Å²) in [4.78, 5) is 2.60. The van der Waals surface area contributed by atoms with Crippen LogP contribution in [-0.2, 0) is 0 Å². The maximum atomic E-state index is 9.52. The van der Waals surface area contributed by atoms with Gasteiger partial charge in [-0.1, -0.05) is 41.0 Å². The quantitative estimate of drug-likeness (QED) is 0.665. The molecule has 1 aliphatic rings. The largest absolute Gasteiger partial charge is 0.299 e. The van der Waals surface area contributed by atoms with Crippen LogP contribution >= 0.6 is 0 Å². The van der Waals surface area contributed by atoms with Crippen LogP contribution in [0.5, 0.6) is 0 Å². The van der Waals surface area contributed by atoms with E-state index in [0.717, 1.165) is 25.4 Å². The third-order valence-corrected chi connectivity index (χ3v) is 5.49. The van der Waals surface area contributed by atoms with Gasteiger partial charge in [-0.15, -0.1) is 0 Å². The lowest BCUT2D eigenvalue weighted by molar-refractivity contribution is 0.0514. The van der Waals surface area contributed by atoms with Gasteiger partial charge in [0, 0.05) is 6.04 Å². The predicted molar refractivity (Wildman–Crippen MR) is 86.5 cm³/mol. The topological polar surface area (TPSA) is 27.0 Å². The standard InChI is InChI=1S/C18H34N2/c1-6-11-20(12-7-2)17-13-16(18(4,5)8-3)10-9-15(17)14-19/h15-17H,6-13H2,1-5H3. The molecule has 0 N–H and O–H groups in total. The molecule has 0 aromatic rings. The van der Waals surface area contributed by atoms with E-state index in [-0.39, 0.29) is 5.92 Å². The third kappa shape index (κ3) is 4.22. The lowest BCUT2D eigenvalue weighted by atomic mass is 9.66. The van der Waals surface area contributed by atoms with Crippen LogP contribution in [0, 0.1) is 28.6 Å². The minimum Gasteiger partial charge on any atom is -0.299 e. The van der Waals surface area contributed by atoms with Gasteiger partial charge in [-0.25, -0.2) is 0 Å². The molecular formula is C18H34N2. The van der Waals surface area contributed by atoms with Gasteiger partial charge in [0.2, 0.25) is 0 Å². The van der Waals surface area contributed by atoms with E-state index >= 15 is 0 Å². The second-order valence-corrected chi connectivity index (χ2v) is 7.19. The van der Waals surface area contributed by atoms with Gasteiger partial charge in [0.05, 0.1) is 12.0 Å². The summed E-state index contributed by atoms with van der Waals surface area (Å²) in [5, 5.41) is 9.52. The summed E-state index contributed by atoms with van der Waals surface area (Å²) in [6, 6.07) is 3.09. The Morgan fingerprint density at radius 3 is 2.15 bits per heavy atom. The second-order valence-electron chi connectivity index (χ2n) is 7.19. The van der Waals surface area contributed by atoms with E-state index in [1.165, 1.54) is 32.1 Å². The average Bonchev–Trinajstić information content (AvgIpc) is 2.46. The van der Waals surface area contributed by atoms with Crippen molar-refractivity contribution in [2.45, 2.75) is 79.2 Å². The predicted octanol–water partition coefficient (Wildman–Crippen LogP) is 4.85. The highest BCUT2D eigenvalue weighted by molar-refractivity contribution is 4.99. The zero-order valence-corrected chi connectivity index (χ0v) is 14.3. The number of hydrogen-bond acceptors (Lipinski definition) is 2. The summed E-state index contributed by atoms with van der Waals surface area (Å²) in [6.45, 7) is 13.9. The molecule has 20 heavy (non-hydrogen) atoms. The summed E-state index contributed by atoms with van der Waals surface area (Å²) in [6.07, 6.45) is 7.18. The Balaban J connectivity index is 2.84. The summed E-state index contributed by atoms with van der Waals surface area (Å²) < 4.78 is 0. The van der Waals surface area contributed by atoms with E-state index in [4.69, 9.17) is 0 Å². The van der Waals surface area contributed by atoms with Gasteiger partial charge in [-0.05, 0) is 56.5 Å². The van der Waals surface area contributed by atoms with E-state index in [0.29, 0.717) is 11.5 Å². The maximum Gasteiger partial charge on any atom is 0.0672 e. The first-order valence-electron chi connectivity index (χ1n) is 8.63. The Morgan fingerprint density at radius 1 is 1.10 bits per heavy atom. The van der Waals surface area contributed by atoms with E-state index in [2.05, 4.69) is 45.6 Å². The minimum atomic E-state index is 0.247. The van der Waals surface area contributed by atoms with Crippen molar-refractivity contribution in [1.29, 1.82) is 5.26 Å². The zero-order chi connectivity index (χ0) is 15.2. The fraction of sp³-hybridized carbons (Fsp3) is 0.944. The smallest absolute Gasteiger partial charge is 0.0672 e. The van der Waals surface area contributed by atoms with Gasteiger partial charge in [-0.3, -0.25) is 4.90 Å². The number of rotatable bonds is 7. The molecule has 1 aliphatic carbocycles. The summed E-state index contributed by atoms with van der Waals surface area (Å²) in [5.41, 5.74) is 0.419. The van der Waals surface area contributed by atoms with Crippen LogP contribution in [0.25, 0.3) is 0 Å². The SMILES string of the molecule is CCCN(CCC)C1CC(C(C)(C)CC)CCC1C#N. The van der Waals surface area contributed by atoms with Crippen molar-refractivity contribution in [3.05, 3.63) is 0 Å². The van der Waals surface area contributed by atoms with Crippen molar-refractivity contribution in [2.75, 3.05) is 13.1 Å². The molecule has 2 heteroatoms. The normalized spacial score (nSPS) is 27.6. The van der Waals surface area contributed by atoms with E-state index in [1.807, 2.05) is 0 Å². The van der Waals surface area contributed by atoms with Gasteiger partial charge in [0.15, 0.2) is 0 Å². The molecule has 0 aromatic heterocycles. The van der Waals surface area contributed by atoms with E-state index in [9.17, 15) is 5.26 Å². The molecule has 0 bridgehead atoms. The minimum absolute atomic E-state index is 0.247. The Hall–Kier alpha value is -0.550. The fourth-order valence-corrected chi connectivity index (χ4v) is 3.72. The van der Waals surface area contributed by atoms with Gasteiger partial charge >= 0.3 is 0 Å². The number of hydrogen-bond donors (Lipinski definition) is 0. The molecule has 0 heterocycles. The average molecular weight is 278 g/mol.